The van der Waals surface area contributed by atoms with Crippen molar-refractivity contribution in [3.8, 4) is 0 Å². The lowest BCUT2D eigenvalue weighted by atomic mass is 10.1. The van der Waals surface area contributed by atoms with Crippen LogP contribution in [-0.4, -0.2) is 8.42 Å². The van der Waals surface area contributed by atoms with Crippen molar-refractivity contribution in [2.45, 2.75) is 25.7 Å². The van der Waals surface area contributed by atoms with Crippen molar-refractivity contribution in [1.29, 1.82) is 0 Å². The highest BCUT2D eigenvalue weighted by Crippen LogP contribution is 2.25. The molecule has 0 bridgehead atoms. The molecular formula is C15H16ClNO2S. The lowest BCUT2D eigenvalue weighted by Crippen LogP contribution is -2.14. The summed E-state index contributed by atoms with van der Waals surface area (Å²) in [5.41, 5.74) is 3.13. The van der Waals surface area contributed by atoms with Crippen molar-refractivity contribution in [3.05, 3.63) is 58.1 Å². The highest BCUT2D eigenvalue weighted by molar-refractivity contribution is 7.92. The van der Waals surface area contributed by atoms with Crippen LogP contribution < -0.4 is 4.72 Å². The summed E-state index contributed by atoms with van der Waals surface area (Å²) in [6.07, 6.45) is 0. The van der Waals surface area contributed by atoms with Crippen molar-refractivity contribution in [1.82, 2.24) is 0 Å². The van der Waals surface area contributed by atoms with Crippen LogP contribution in [0.3, 0.4) is 0 Å². The lowest BCUT2D eigenvalue weighted by molar-refractivity contribution is 0.601. The van der Waals surface area contributed by atoms with Crippen molar-refractivity contribution < 1.29 is 8.42 Å². The number of nitrogens with one attached hydrogen (secondary N) is 1. The summed E-state index contributed by atoms with van der Waals surface area (Å²) in [7, 11) is -3.61. The van der Waals surface area contributed by atoms with Gasteiger partial charge in [-0.15, -0.1) is 0 Å². The SMILES string of the molecule is Cc1cc(S(=O)(=O)Nc2c(C)cccc2C)ccc1Cl. The van der Waals surface area contributed by atoms with E-state index in [2.05, 4.69) is 4.72 Å². The third-order valence-electron chi connectivity index (χ3n) is 3.16. The molecule has 0 spiro atoms. The number of hydrogen-bond acceptors (Lipinski definition) is 2. The first-order valence-electron chi connectivity index (χ1n) is 6.16. The van der Waals surface area contributed by atoms with Crippen molar-refractivity contribution in [3.63, 3.8) is 0 Å². The monoisotopic (exact) mass is 309 g/mol. The van der Waals surface area contributed by atoms with Crippen LogP contribution >= 0.6 is 11.6 Å². The molecule has 0 amide bonds. The maximum Gasteiger partial charge on any atom is 0.261 e. The third-order valence-corrected chi connectivity index (χ3v) is 4.93. The van der Waals surface area contributed by atoms with E-state index in [1.165, 1.54) is 6.07 Å². The van der Waals surface area contributed by atoms with E-state index >= 15 is 0 Å². The van der Waals surface area contributed by atoms with Gasteiger partial charge in [-0.2, -0.15) is 0 Å². The topological polar surface area (TPSA) is 46.2 Å². The first-order chi connectivity index (χ1) is 9.31. The summed E-state index contributed by atoms with van der Waals surface area (Å²) in [4.78, 5) is 0.210. The van der Waals surface area contributed by atoms with E-state index in [4.69, 9.17) is 11.6 Å². The molecule has 0 fully saturated rings. The van der Waals surface area contributed by atoms with Crippen LogP contribution in [0, 0.1) is 20.8 Å². The normalized spacial score (nSPS) is 11.4. The smallest absolute Gasteiger partial charge is 0.261 e. The number of halogens is 1. The van der Waals surface area contributed by atoms with Crippen LogP contribution in [0.2, 0.25) is 5.02 Å². The Labute approximate surface area is 124 Å². The predicted octanol–water partition coefficient (Wildman–Crippen LogP) is 4.07. The fourth-order valence-electron chi connectivity index (χ4n) is 1.95. The molecule has 1 N–H and O–H groups in total. The lowest BCUT2D eigenvalue weighted by Gasteiger charge is -2.13. The van der Waals surface area contributed by atoms with Gasteiger partial charge in [0.1, 0.15) is 0 Å². The molecule has 3 nitrogen and oxygen atoms in total. The van der Waals surface area contributed by atoms with Gasteiger partial charge < -0.3 is 0 Å². The molecule has 0 heterocycles. The Hall–Kier alpha value is -1.52. The molecule has 106 valence electrons. The average molecular weight is 310 g/mol. The summed E-state index contributed by atoms with van der Waals surface area (Å²) < 4.78 is 27.5. The van der Waals surface area contributed by atoms with E-state index in [9.17, 15) is 8.42 Å². The van der Waals surface area contributed by atoms with Gasteiger partial charge in [0.25, 0.3) is 10.0 Å². The van der Waals surface area contributed by atoms with E-state index < -0.39 is 10.0 Å². The molecule has 0 saturated heterocycles. The summed E-state index contributed by atoms with van der Waals surface area (Å²) >= 11 is 5.93. The number of aryl methyl sites for hydroxylation is 3. The van der Waals surface area contributed by atoms with Gasteiger partial charge >= 0.3 is 0 Å². The molecule has 20 heavy (non-hydrogen) atoms. The fourth-order valence-corrected chi connectivity index (χ4v) is 3.36. The zero-order valence-electron chi connectivity index (χ0n) is 11.6. The van der Waals surface area contributed by atoms with Crippen molar-refractivity contribution in [2.24, 2.45) is 0 Å². The number of rotatable bonds is 3. The van der Waals surface area contributed by atoms with Crippen LogP contribution in [0.1, 0.15) is 16.7 Å². The Morgan fingerprint density at radius 3 is 2.10 bits per heavy atom. The summed E-state index contributed by atoms with van der Waals surface area (Å²) in [5, 5.41) is 0.552. The maximum atomic E-state index is 12.4. The molecule has 0 atom stereocenters. The minimum Gasteiger partial charge on any atom is -0.279 e. The Kier molecular flexibility index (Phi) is 4.06. The molecule has 0 aliphatic rings. The van der Waals surface area contributed by atoms with Crippen LogP contribution in [0.5, 0.6) is 0 Å². The predicted molar refractivity (Wildman–Crippen MR) is 82.9 cm³/mol. The molecule has 0 radical (unpaired) electrons. The fraction of sp³-hybridized carbons (Fsp3) is 0.200. The minimum atomic E-state index is -3.61. The second kappa shape index (κ2) is 5.46. The summed E-state index contributed by atoms with van der Waals surface area (Å²) in [6.45, 7) is 5.52. The molecule has 5 heteroatoms. The summed E-state index contributed by atoms with van der Waals surface area (Å²) in [6, 6.07) is 10.3. The largest absolute Gasteiger partial charge is 0.279 e. The molecule has 0 aliphatic carbocycles. The highest BCUT2D eigenvalue weighted by Gasteiger charge is 2.17. The first kappa shape index (κ1) is 14.9. The van der Waals surface area contributed by atoms with Gasteiger partial charge in [0.05, 0.1) is 10.6 Å². The molecule has 0 unspecified atom stereocenters. The van der Waals surface area contributed by atoms with E-state index in [1.54, 1.807) is 19.1 Å². The highest BCUT2D eigenvalue weighted by atomic mass is 35.5. The number of anilines is 1. The van der Waals surface area contributed by atoms with Crippen LogP contribution in [-0.2, 0) is 10.0 Å². The van der Waals surface area contributed by atoms with Crippen LogP contribution in [0.15, 0.2) is 41.3 Å². The molecule has 0 aromatic heterocycles. The third kappa shape index (κ3) is 2.97. The van der Waals surface area contributed by atoms with E-state index in [1.807, 2.05) is 32.0 Å². The van der Waals surface area contributed by atoms with Gasteiger partial charge in [-0.05, 0) is 55.7 Å². The van der Waals surface area contributed by atoms with Gasteiger partial charge in [-0.1, -0.05) is 29.8 Å². The second-order valence-corrected chi connectivity index (χ2v) is 6.87. The van der Waals surface area contributed by atoms with Gasteiger partial charge in [0.2, 0.25) is 0 Å². The number of para-hydroxylation sites is 1. The standard InChI is InChI=1S/C15H16ClNO2S/c1-10-5-4-6-11(2)15(10)17-20(18,19)13-7-8-14(16)12(3)9-13/h4-9,17H,1-3H3. The zero-order chi connectivity index (χ0) is 14.9. The summed E-state index contributed by atoms with van der Waals surface area (Å²) in [5.74, 6) is 0. The minimum absolute atomic E-state index is 0.210. The van der Waals surface area contributed by atoms with Gasteiger partial charge in [-0.25, -0.2) is 8.42 Å². The number of benzene rings is 2. The second-order valence-electron chi connectivity index (χ2n) is 4.78. The molecule has 2 aromatic rings. The number of hydrogen-bond donors (Lipinski definition) is 1. The van der Waals surface area contributed by atoms with Gasteiger partial charge in [0, 0.05) is 5.02 Å². The molecular weight excluding hydrogens is 294 g/mol. The Morgan fingerprint density at radius 2 is 1.55 bits per heavy atom. The van der Waals surface area contributed by atoms with E-state index in [-0.39, 0.29) is 4.90 Å². The van der Waals surface area contributed by atoms with Crippen LogP contribution in [0.25, 0.3) is 0 Å². The van der Waals surface area contributed by atoms with E-state index in [0.29, 0.717) is 10.7 Å². The Balaban J connectivity index is 2.43. The molecule has 0 saturated carbocycles. The quantitative estimate of drug-likeness (QED) is 0.929. The van der Waals surface area contributed by atoms with Crippen LogP contribution in [0.4, 0.5) is 5.69 Å². The van der Waals surface area contributed by atoms with E-state index in [0.717, 1.165) is 16.7 Å². The van der Waals surface area contributed by atoms with Gasteiger partial charge in [0.15, 0.2) is 0 Å². The van der Waals surface area contributed by atoms with Crippen molar-refractivity contribution in [2.75, 3.05) is 4.72 Å². The molecule has 2 aromatic carbocycles. The maximum absolute atomic E-state index is 12.4. The molecule has 0 aliphatic heterocycles. The molecule has 2 rings (SSSR count). The van der Waals surface area contributed by atoms with Gasteiger partial charge in [-0.3, -0.25) is 4.72 Å². The Bertz CT molecular complexity index is 734. The zero-order valence-corrected chi connectivity index (χ0v) is 13.1. The first-order valence-corrected chi connectivity index (χ1v) is 8.02. The Morgan fingerprint density at radius 1 is 0.950 bits per heavy atom. The average Bonchev–Trinajstić information content (AvgIpc) is 2.37. The number of sulfonamides is 1. The van der Waals surface area contributed by atoms with Crippen molar-refractivity contribution >= 4 is 27.3 Å².